The van der Waals surface area contributed by atoms with Gasteiger partial charge >= 0.3 is 156 Å². The second kappa shape index (κ2) is 16.5. The van der Waals surface area contributed by atoms with E-state index in [2.05, 4.69) is 30.6 Å². The van der Waals surface area contributed by atoms with Crippen LogP contribution < -0.4 is 10.5 Å². The van der Waals surface area contributed by atoms with E-state index in [-0.39, 0.29) is 5.97 Å². The summed E-state index contributed by atoms with van der Waals surface area (Å²) in [5, 5.41) is 14.8. The molecule has 0 spiro atoms. The summed E-state index contributed by atoms with van der Waals surface area (Å²) in [6.07, 6.45) is 3.25. The van der Waals surface area contributed by atoms with Crippen LogP contribution in [-0.2, 0) is 23.9 Å². The van der Waals surface area contributed by atoms with E-state index in [0.717, 1.165) is 54.0 Å². The number of carbonyl (C=O) groups excluding carboxylic acids is 1. The Morgan fingerprint density at radius 2 is 1.88 bits per heavy atom. The van der Waals surface area contributed by atoms with Gasteiger partial charge in [-0.15, -0.1) is 0 Å². The minimum absolute atomic E-state index is 0.0439. The number of unbranched alkanes of at least 4 members (excludes halogenated alkanes) is 1. The van der Waals surface area contributed by atoms with Crippen LogP contribution in [0.4, 0.5) is 5.69 Å². The quantitative estimate of drug-likeness (QED) is 0.115. The van der Waals surface area contributed by atoms with E-state index in [9.17, 15) is 4.79 Å². The maximum atomic E-state index is 12.0. The molecule has 10 nitrogen and oxygen atoms in total. The Labute approximate surface area is 212 Å². The normalized spacial score (nSPS) is 16.4. The molecule has 1 aromatic rings. The first-order chi connectivity index (χ1) is 16.2. The predicted molar refractivity (Wildman–Crippen MR) is 140 cm³/mol. The summed E-state index contributed by atoms with van der Waals surface area (Å²) >= 11 is -0.599. The number of hydrogen-bond acceptors (Lipinski definition) is 8. The fraction of sp³-hybridized carbons (Fsp3) is 0.609. The number of carbonyl (C=O) groups is 3. The molecule has 1 heterocycles. The number of piperazine rings is 1. The number of carboxylic acids is 2. The van der Waals surface area contributed by atoms with E-state index < -0.39 is 33.6 Å². The molecular weight excluding hydrogens is 557 g/mol. The third-order valence-corrected chi connectivity index (χ3v) is 7.39. The SMILES string of the molecule is CCCC[IH]OC(=O)CN1CCN(CCOc2ccc(N)cc2CC)CC1C.O=C(O)C(=O)O. The smallest absolute Gasteiger partial charge is 0.414 e. The Kier molecular flexibility index (Phi) is 14.5. The topological polar surface area (TPSA) is 143 Å². The fourth-order valence-electron chi connectivity index (χ4n) is 3.31. The molecule has 0 aromatic heterocycles. The van der Waals surface area contributed by atoms with Crippen LogP contribution in [0.3, 0.4) is 0 Å². The molecule has 1 aliphatic heterocycles. The van der Waals surface area contributed by atoms with Gasteiger partial charge in [-0.25, -0.2) is 9.59 Å². The van der Waals surface area contributed by atoms with E-state index in [1.807, 2.05) is 18.2 Å². The second-order valence-corrected chi connectivity index (χ2v) is 10.2. The molecular formula is C23H38IN3O7. The first-order valence-corrected chi connectivity index (χ1v) is 14.0. The van der Waals surface area contributed by atoms with Crippen LogP contribution in [0.25, 0.3) is 0 Å². The number of halogens is 1. The molecule has 0 saturated carbocycles. The number of aryl methyl sites for hydroxylation is 1. The van der Waals surface area contributed by atoms with Gasteiger partial charge in [0.25, 0.3) is 0 Å². The number of nitrogens with zero attached hydrogens (tertiary/aromatic N) is 2. The third-order valence-electron chi connectivity index (χ3n) is 5.23. The Morgan fingerprint density at radius 3 is 2.47 bits per heavy atom. The number of rotatable bonds is 11. The zero-order valence-corrected chi connectivity index (χ0v) is 22.5. The molecule has 0 amide bonds. The van der Waals surface area contributed by atoms with Crippen LogP contribution in [0.2, 0.25) is 0 Å². The Morgan fingerprint density at radius 1 is 1.18 bits per heavy atom. The van der Waals surface area contributed by atoms with Gasteiger partial charge in [0, 0.05) is 5.69 Å². The summed E-state index contributed by atoms with van der Waals surface area (Å²) in [4.78, 5) is 34.9. The first kappa shape index (κ1) is 29.9. The van der Waals surface area contributed by atoms with Crippen LogP contribution in [0, 0.1) is 0 Å². The number of benzene rings is 1. The monoisotopic (exact) mass is 595 g/mol. The van der Waals surface area contributed by atoms with Gasteiger partial charge in [0.15, 0.2) is 0 Å². The predicted octanol–water partition coefficient (Wildman–Crippen LogP) is 2.33. The first-order valence-electron chi connectivity index (χ1n) is 11.4. The summed E-state index contributed by atoms with van der Waals surface area (Å²) in [5.74, 6) is -2.76. The average molecular weight is 595 g/mol. The number of hydrogen-bond donors (Lipinski definition) is 3. The Bertz CT molecular complexity index is 782. The Balaban J connectivity index is 0.000000852. The van der Waals surface area contributed by atoms with Gasteiger partial charge in [-0.1, -0.05) is 6.92 Å². The van der Waals surface area contributed by atoms with Crippen molar-refractivity contribution in [3.63, 3.8) is 0 Å². The van der Waals surface area contributed by atoms with E-state index in [1.165, 1.54) is 12.8 Å². The maximum absolute atomic E-state index is 12.0. The van der Waals surface area contributed by atoms with Crippen LogP contribution >= 0.6 is 21.6 Å². The molecule has 1 atom stereocenters. The van der Waals surface area contributed by atoms with Crippen molar-refractivity contribution >= 4 is 45.2 Å². The van der Waals surface area contributed by atoms with Crippen LogP contribution in [0.15, 0.2) is 18.2 Å². The molecule has 0 radical (unpaired) electrons. The zero-order valence-electron chi connectivity index (χ0n) is 20.2. The molecule has 0 bridgehead atoms. The zero-order chi connectivity index (χ0) is 25.5. The molecule has 1 unspecified atom stereocenters. The molecule has 194 valence electrons. The number of nitrogen functional groups attached to an aromatic ring is 1. The van der Waals surface area contributed by atoms with Gasteiger partial charge in [-0.2, -0.15) is 0 Å². The largest absolute Gasteiger partial charge is 0.473 e. The number of aliphatic carboxylic acids is 2. The van der Waals surface area contributed by atoms with Gasteiger partial charge in [0.1, 0.15) is 0 Å². The molecule has 4 N–H and O–H groups in total. The van der Waals surface area contributed by atoms with E-state index in [1.54, 1.807) is 0 Å². The summed E-state index contributed by atoms with van der Waals surface area (Å²) in [7, 11) is 0. The summed E-state index contributed by atoms with van der Waals surface area (Å²) in [6.45, 7) is 11.2. The molecule has 11 heteroatoms. The van der Waals surface area contributed by atoms with Gasteiger partial charge in [0.05, 0.1) is 0 Å². The van der Waals surface area contributed by atoms with Crippen molar-refractivity contribution in [2.24, 2.45) is 0 Å². The van der Waals surface area contributed by atoms with Gasteiger partial charge in [0.2, 0.25) is 0 Å². The molecule has 1 aromatic carbocycles. The van der Waals surface area contributed by atoms with Crippen molar-refractivity contribution in [3.8, 4) is 5.75 Å². The van der Waals surface area contributed by atoms with Crippen LogP contribution in [0.1, 0.15) is 39.2 Å². The fourth-order valence-corrected chi connectivity index (χ4v) is 5.24. The Hall–Kier alpha value is -2.12. The number of nitrogens with two attached hydrogens (primary N) is 1. The van der Waals surface area contributed by atoms with Crippen molar-refractivity contribution in [3.05, 3.63) is 23.8 Å². The number of ether oxygens (including phenoxy) is 1. The number of alkyl halides is 1. The van der Waals surface area contributed by atoms with Crippen molar-refractivity contribution in [1.29, 1.82) is 0 Å². The average Bonchev–Trinajstić information content (AvgIpc) is 2.79. The van der Waals surface area contributed by atoms with Crippen molar-refractivity contribution in [1.82, 2.24) is 9.80 Å². The summed E-state index contributed by atoms with van der Waals surface area (Å²) in [5.41, 5.74) is 7.78. The number of carboxylic acid groups (broad SMARTS) is 2. The van der Waals surface area contributed by atoms with E-state index in [4.69, 9.17) is 33.3 Å². The van der Waals surface area contributed by atoms with E-state index >= 15 is 0 Å². The molecule has 2 rings (SSSR count). The summed E-state index contributed by atoms with van der Waals surface area (Å²) < 4.78 is 12.6. The molecule has 34 heavy (non-hydrogen) atoms. The second-order valence-electron chi connectivity index (χ2n) is 7.93. The molecule has 0 aliphatic carbocycles. The van der Waals surface area contributed by atoms with Crippen LogP contribution in [0.5, 0.6) is 5.75 Å². The third kappa shape index (κ3) is 11.8. The van der Waals surface area contributed by atoms with E-state index in [0.29, 0.717) is 19.2 Å². The summed E-state index contributed by atoms with van der Waals surface area (Å²) in [6, 6.07) is 6.18. The number of anilines is 1. The van der Waals surface area contributed by atoms with Crippen LogP contribution in [-0.4, -0.2) is 87.7 Å². The van der Waals surface area contributed by atoms with Crippen molar-refractivity contribution in [2.45, 2.75) is 46.1 Å². The van der Waals surface area contributed by atoms with Gasteiger partial charge < -0.3 is 15.9 Å². The van der Waals surface area contributed by atoms with Crippen molar-refractivity contribution < 1.29 is 32.4 Å². The van der Waals surface area contributed by atoms with Crippen molar-refractivity contribution in [2.75, 3.05) is 49.5 Å². The molecule has 1 fully saturated rings. The maximum Gasteiger partial charge on any atom is 0.414 e. The van der Waals surface area contributed by atoms with Gasteiger partial charge in [-0.3, -0.25) is 0 Å². The minimum Gasteiger partial charge on any atom is -0.473 e. The minimum atomic E-state index is -1.82. The standard InChI is InChI=1S/C21H36IN3O3.C2H2O4/c1-4-6-9-22-28-21(26)16-25-11-10-24(15-17(25)3)12-13-27-20-8-7-19(23)14-18(20)5-2;3-1(4)2(5)6/h7-8,14,17,22H,4-6,9-13,15-16,23H2,1-3H3;(H,3,4)(H,5,6). The van der Waals surface area contributed by atoms with Gasteiger partial charge in [-0.05, 0) is 18.6 Å². The molecule has 1 aliphatic rings. The molecule has 1 saturated heterocycles.